The maximum Gasteiger partial charge on any atom is 0.0964 e. The molecule has 0 fully saturated rings. The Morgan fingerprint density at radius 2 is 1.80 bits per heavy atom. The predicted octanol–water partition coefficient (Wildman–Crippen LogP) is 0.443. The summed E-state index contributed by atoms with van der Waals surface area (Å²) in [6.07, 6.45) is 2.57. The molecule has 1 aromatic heterocycles. The average molecular weight is 276 g/mol. The number of aryl methyl sites for hydroxylation is 1. The average Bonchev–Trinajstić information content (AvgIpc) is 2.94. The van der Waals surface area contributed by atoms with Crippen molar-refractivity contribution in [2.24, 2.45) is 0 Å². The highest BCUT2D eigenvalue weighted by Gasteiger charge is 2.00. The van der Waals surface area contributed by atoms with Crippen molar-refractivity contribution in [2.45, 2.75) is 32.7 Å². The van der Waals surface area contributed by atoms with Gasteiger partial charge in [0.25, 0.3) is 0 Å². The second kappa shape index (κ2) is 7.74. The molecule has 0 atom stereocenters. The van der Waals surface area contributed by atoms with Crippen LogP contribution in [0.25, 0.3) is 0 Å². The maximum atomic E-state index is 8.97. The SMILES string of the molecule is OCCCn1cc(CNCc2ccc(CO)cc2)nn1. The molecular formula is C14H20N4O2. The lowest BCUT2D eigenvalue weighted by molar-refractivity contribution is 0.276. The van der Waals surface area contributed by atoms with E-state index in [2.05, 4.69) is 15.6 Å². The summed E-state index contributed by atoms with van der Waals surface area (Å²) in [7, 11) is 0. The molecule has 6 nitrogen and oxygen atoms in total. The quantitative estimate of drug-likeness (QED) is 0.652. The van der Waals surface area contributed by atoms with Crippen molar-refractivity contribution >= 4 is 0 Å². The second-order valence-corrected chi connectivity index (χ2v) is 4.63. The first-order valence-electron chi connectivity index (χ1n) is 6.71. The van der Waals surface area contributed by atoms with Crippen LogP contribution in [0.3, 0.4) is 0 Å². The monoisotopic (exact) mass is 276 g/mol. The first-order valence-corrected chi connectivity index (χ1v) is 6.71. The van der Waals surface area contributed by atoms with E-state index in [0.29, 0.717) is 19.5 Å². The summed E-state index contributed by atoms with van der Waals surface area (Å²) in [6, 6.07) is 7.83. The van der Waals surface area contributed by atoms with Gasteiger partial charge in [-0.1, -0.05) is 29.5 Å². The smallest absolute Gasteiger partial charge is 0.0964 e. The normalized spacial score (nSPS) is 10.9. The van der Waals surface area contributed by atoms with E-state index in [1.807, 2.05) is 30.5 Å². The summed E-state index contributed by atoms with van der Waals surface area (Å²) >= 11 is 0. The summed E-state index contributed by atoms with van der Waals surface area (Å²) in [5.74, 6) is 0. The molecule has 0 aliphatic carbocycles. The largest absolute Gasteiger partial charge is 0.396 e. The van der Waals surface area contributed by atoms with Gasteiger partial charge in [-0.15, -0.1) is 5.10 Å². The van der Waals surface area contributed by atoms with Crippen LogP contribution in [-0.2, 0) is 26.2 Å². The summed E-state index contributed by atoms with van der Waals surface area (Å²) in [4.78, 5) is 0. The lowest BCUT2D eigenvalue weighted by Crippen LogP contribution is -2.13. The third kappa shape index (κ3) is 4.41. The summed E-state index contributed by atoms with van der Waals surface area (Å²) in [5.41, 5.74) is 2.96. The van der Waals surface area contributed by atoms with E-state index < -0.39 is 0 Å². The maximum absolute atomic E-state index is 8.97. The third-order valence-corrected chi connectivity index (χ3v) is 2.97. The number of hydrogen-bond donors (Lipinski definition) is 3. The minimum atomic E-state index is 0.0741. The van der Waals surface area contributed by atoms with Gasteiger partial charge in [0, 0.05) is 32.4 Å². The van der Waals surface area contributed by atoms with Crippen LogP contribution in [0.1, 0.15) is 23.2 Å². The fourth-order valence-corrected chi connectivity index (χ4v) is 1.86. The van der Waals surface area contributed by atoms with Crippen molar-refractivity contribution < 1.29 is 10.2 Å². The molecule has 2 aromatic rings. The van der Waals surface area contributed by atoms with Gasteiger partial charge in [-0.25, -0.2) is 0 Å². The first-order chi connectivity index (χ1) is 9.81. The van der Waals surface area contributed by atoms with Crippen LogP contribution in [0.4, 0.5) is 0 Å². The topological polar surface area (TPSA) is 83.2 Å². The minimum Gasteiger partial charge on any atom is -0.396 e. The van der Waals surface area contributed by atoms with E-state index in [1.54, 1.807) is 4.68 Å². The molecule has 0 saturated heterocycles. The number of benzene rings is 1. The van der Waals surface area contributed by atoms with Crippen molar-refractivity contribution in [3.8, 4) is 0 Å². The standard InChI is InChI=1S/C14H20N4O2/c19-7-1-6-18-10-14(16-17-18)9-15-8-12-2-4-13(11-20)5-3-12/h2-5,10,15,19-20H,1,6-9,11H2. The molecule has 1 heterocycles. The van der Waals surface area contributed by atoms with Gasteiger partial charge in [-0.2, -0.15) is 0 Å². The Bertz CT molecular complexity index is 510. The molecule has 1 aromatic carbocycles. The molecule has 0 aliphatic heterocycles. The number of hydrogen-bond acceptors (Lipinski definition) is 5. The van der Waals surface area contributed by atoms with E-state index in [4.69, 9.17) is 10.2 Å². The number of nitrogens with one attached hydrogen (secondary N) is 1. The molecule has 0 aliphatic rings. The third-order valence-electron chi connectivity index (χ3n) is 2.97. The van der Waals surface area contributed by atoms with Gasteiger partial charge in [0.1, 0.15) is 0 Å². The summed E-state index contributed by atoms with van der Waals surface area (Å²) < 4.78 is 1.74. The molecule has 0 amide bonds. The van der Waals surface area contributed by atoms with E-state index in [-0.39, 0.29) is 13.2 Å². The van der Waals surface area contributed by atoms with Crippen LogP contribution in [0.15, 0.2) is 30.5 Å². The van der Waals surface area contributed by atoms with E-state index in [9.17, 15) is 0 Å². The molecule has 0 spiro atoms. The molecule has 0 saturated carbocycles. The highest BCUT2D eigenvalue weighted by molar-refractivity contribution is 5.21. The molecule has 0 radical (unpaired) electrons. The van der Waals surface area contributed by atoms with Crippen molar-refractivity contribution in [1.82, 2.24) is 20.3 Å². The Morgan fingerprint density at radius 3 is 2.50 bits per heavy atom. The van der Waals surface area contributed by atoms with Gasteiger partial charge < -0.3 is 15.5 Å². The number of nitrogens with zero attached hydrogens (tertiary/aromatic N) is 3. The number of aromatic nitrogens is 3. The van der Waals surface area contributed by atoms with Crippen LogP contribution in [-0.4, -0.2) is 31.8 Å². The van der Waals surface area contributed by atoms with Crippen molar-refractivity contribution in [2.75, 3.05) is 6.61 Å². The predicted molar refractivity (Wildman–Crippen MR) is 74.6 cm³/mol. The van der Waals surface area contributed by atoms with E-state index in [0.717, 1.165) is 23.4 Å². The molecule has 20 heavy (non-hydrogen) atoms. The Hall–Kier alpha value is -1.76. The van der Waals surface area contributed by atoms with Gasteiger partial charge >= 0.3 is 0 Å². The molecule has 2 rings (SSSR count). The van der Waals surface area contributed by atoms with E-state index >= 15 is 0 Å². The Kier molecular flexibility index (Phi) is 5.67. The molecule has 0 bridgehead atoms. The molecule has 3 N–H and O–H groups in total. The van der Waals surface area contributed by atoms with Crippen LogP contribution in [0, 0.1) is 0 Å². The number of aliphatic hydroxyl groups excluding tert-OH is 2. The number of rotatable bonds is 8. The lowest BCUT2D eigenvalue weighted by atomic mass is 10.1. The van der Waals surface area contributed by atoms with Crippen molar-refractivity contribution in [1.29, 1.82) is 0 Å². The molecular weight excluding hydrogens is 256 g/mol. The molecule has 0 unspecified atom stereocenters. The fourth-order valence-electron chi connectivity index (χ4n) is 1.86. The van der Waals surface area contributed by atoms with Crippen molar-refractivity contribution in [3.05, 3.63) is 47.3 Å². The highest BCUT2D eigenvalue weighted by atomic mass is 16.3. The lowest BCUT2D eigenvalue weighted by Gasteiger charge is -2.03. The number of aliphatic hydroxyl groups is 2. The minimum absolute atomic E-state index is 0.0741. The van der Waals surface area contributed by atoms with Crippen LogP contribution in [0.5, 0.6) is 0 Å². The van der Waals surface area contributed by atoms with Crippen LogP contribution in [0.2, 0.25) is 0 Å². The Labute approximate surface area is 118 Å². The zero-order valence-corrected chi connectivity index (χ0v) is 11.4. The molecule has 6 heteroatoms. The highest BCUT2D eigenvalue weighted by Crippen LogP contribution is 2.04. The fraction of sp³-hybridized carbons (Fsp3) is 0.429. The van der Waals surface area contributed by atoms with E-state index in [1.165, 1.54) is 0 Å². The Morgan fingerprint density at radius 1 is 1.05 bits per heavy atom. The van der Waals surface area contributed by atoms with Crippen molar-refractivity contribution in [3.63, 3.8) is 0 Å². The first kappa shape index (κ1) is 14.6. The van der Waals surface area contributed by atoms with Crippen LogP contribution < -0.4 is 5.32 Å². The molecule has 108 valence electrons. The van der Waals surface area contributed by atoms with Gasteiger partial charge in [-0.3, -0.25) is 4.68 Å². The Balaban J connectivity index is 1.75. The van der Waals surface area contributed by atoms with Gasteiger partial charge in [0.2, 0.25) is 0 Å². The van der Waals surface area contributed by atoms with Crippen LogP contribution >= 0.6 is 0 Å². The van der Waals surface area contributed by atoms with Gasteiger partial charge in [0.15, 0.2) is 0 Å². The van der Waals surface area contributed by atoms with Gasteiger partial charge in [-0.05, 0) is 17.5 Å². The van der Waals surface area contributed by atoms with Gasteiger partial charge in [0.05, 0.1) is 12.3 Å². The second-order valence-electron chi connectivity index (χ2n) is 4.63. The summed E-state index contributed by atoms with van der Waals surface area (Å²) in [6.45, 7) is 2.32. The zero-order chi connectivity index (χ0) is 14.2. The summed E-state index contributed by atoms with van der Waals surface area (Å²) in [5, 5.41) is 29.1. The zero-order valence-electron chi connectivity index (χ0n) is 11.4.